The Bertz CT molecular complexity index is 1410. The Balaban J connectivity index is 1.57. The Labute approximate surface area is 195 Å². The number of ketones is 1. The molecular formula is C22H18F4N6O3. The summed E-state index contributed by atoms with van der Waals surface area (Å²) in [5.41, 5.74) is -0.559. The van der Waals surface area contributed by atoms with Gasteiger partial charge >= 0.3 is 6.18 Å². The number of fused-ring (bicyclic) bond motifs is 1. The summed E-state index contributed by atoms with van der Waals surface area (Å²) in [6.45, 7) is 0.872. The van der Waals surface area contributed by atoms with E-state index in [1.165, 1.54) is 35.4 Å². The third-order valence-corrected chi connectivity index (χ3v) is 5.22. The van der Waals surface area contributed by atoms with Crippen molar-refractivity contribution < 1.29 is 32.3 Å². The SMILES string of the molecule is CC(CO)n1cc(C(=O)c2cncc(NC(=O)Cn3cc(C(F)(F)F)cn3)c2)c2cncc(F)c21. The van der Waals surface area contributed by atoms with Crippen molar-refractivity contribution in [1.82, 2.24) is 24.3 Å². The Morgan fingerprint density at radius 3 is 2.54 bits per heavy atom. The van der Waals surface area contributed by atoms with Gasteiger partial charge in [-0.25, -0.2) is 4.39 Å². The maximum atomic E-state index is 14.5. The number of nitrogens with one attached hydrogen (secondary N) is 1. The average molecular weight is 490 g/mol. The van der Waals surface area contributed by atoms with E-state index >= 15 is 0 Å². The zero-order chi connectivity index (χ0) is 25.3. The Hall–Kier alpha value is -4.13. The summed E-state index contributed by atoms with van der Waals surface area (Å²) in [5, 5.41) is 15.7. The lowest BCUT2D eigenvalue weighted by Gasteiger charge is -2.11. The number of halogens is 4. The van der Waals surface area contributed by atoms with Crippen LogP contribution in [0.5, 0.6) is 0 Å². The first-order chi connectivity index (χ1) is 16.6. The van der Waals surface area contributed by atoms with Crippen molar-refractivity contribution in [3.8, 4) is 0 Å². The smallest absolute Gasteiger partial charge is 0.394 e. The number of nitrogens with zero attached hydrogens (tertiary/aromatic N) is 5. The molecule has 0 fully saturated rings. The summed E-state index contributed by atoms with van der Waals surface area (Å²) in [4.78, 5) is 33.2. The first kappa shape index (κ1) is 24.0. The van der Waals surface area contributed by atoms with E-state index < -0.39 is 41.8 Å². The highest BCUT2D eigenvalue weighted by Gasteiger charge is 2.32. The number of hydrogen-bond donors (Lipinski definition) is 2. The normalized spacial score (nSPS) is 12.6. The van der Waals surface area contributed by atoms with Crippen molar-refractivity contribution in [2.45, 2.75) is 25.7 Å². The van der Waals surface area contributed by atoms with Gasteiger partial charge in [0.1, 0.15) is 6.54 Å². The molecule has 4 aromatic heterocycles. The van der Waals surface area contributed by atoms with Gasteiger partial charge in [-0.05, 0) is 13.0 Å². The molecule has 0 spiro atoms. The van der Waals surface area contributed by atoms with Crippen molar-refractivity contribution in [2.75, 3.05) is 11.9 Å². The fourth-order valence-electron chi connectivity index (χ4n) is 3.51. The minimum atomic E-state index is -4.58. The third kappa shape index (κ3) is 4.89. The van der Waals surface area contributed by atoms with E-state index in [0.717, 1.165) is 10.9 Å². The predicted molar refractivity (Wildman–Crippen MR) is 115 cm³/mol. The third-order valence-electron chi connectivity index (χ3n) is 5.22. The molecular weight excluding hydrogens is 472 g/mol. The van der Waals surface area contributed by atoms with Crippen LogP contribution in [0.15, 0.2) is 49.4 Å². The fraction of sp³-hybridized carbons (Fsp3) is 0.227. The van der Waals surface area contributed by atoms with Crippen LogP contribution in [-0.2, 0) is 17.5 Å². The molecule has 1 atom stereocenters. The van der Waals surface area contributed by atoms with Gasteiger partial charge in [-0.2, -0.15) is 18.3 Å². The molecule has 4 heterocycles. The number of pyridine rings is 2. The molecule has 0 bridgehead atoms. The van der Waals surface area contributed by atoms with Crippen LogP contribution in [0.4, 0.5) is 23.2 Å². The number of carbonyl (C=O) groups excluding carboxylic acids is 2. The van der Waals surface area contributed by atoms with Gasteiger partial charge in [0.05, 0.1) is 48.0 Å². The molecule has 4 aromatic rings. The molecule has 1 unspecified atom stereocenters. The number of amides is 1. The second-order valence-corrected chi connectivity index (χ2v) is 7.76. The van der Waals surface area contributed by atoms with Crippen LogP contribution in [0.3, 0.4) is 0 Å². The molecule has 35 heavy (non-hydrogen) atoms. The van der Waals surface area contributed by atoms with Crippen LogP contribution >= 0.6 is 0 Å². The second-order valence-electron chi connectivity index (χ2n) is 7.76. The standard InChI is InChI=1S/C22H18F4N6O3/c1-12(11-33)32-9-17(16-6-28-7-18(23)20(16)32)21(35)13-2-15(5-27-3-13)30-19(34)10-31-8-14(4-29-31)22(24,25)26/h2-9,12,33H,10-11H2,1H3,(H,30,34). The summed E-state index contributed by atoms with van der Waals surface area (Å²) in [6.07, 6.45) is 3.01. The molecule has 0 saturated heterocycles. The first-order valence-corrected chi connectivity index (χ1v) is 10.2. The molecule has 0 aromatic carbocycles. The summed E-state index contributed by atoms with van der Waals surface area (Å²) in [6, 6.07) is 0.822. The molecule has 0 saturated carbocycles. The van der Waals surface area contributed by atoms with Crippen molar-refractivity contribution in [1.29, 1.82) is 0 Å². The van der Waals surface area contributed by atoms with Crippen LogP contribution in [0.25, 0.3) is 10.9 Å². The van der Waals surface area contributed by atoms with Gasteiger partial charge in [-0.1, -0.05) is 0 Å². The second kappa shape index (κ2) is 9.25. The van der Waals surface area contributed by atoms with Gasteiger partial charge in [0, 0.05) is 41.3 Å². The van der Waals surface area contributed by atoms with Crippen LogP contribution in [0.1, 0.15) is 34.5 Å². The predicted octanol–water partition coefficient (Wildman–Crippen LogP) is 3.21. The van der Waals surface area contributed by atoms with E-state index in [-0.39, 0.29) is 34.3 Å². The summed E-state index contributed by atoms with van der Waals surface area (Å²) in [5.74, 6) is -1.88. The zero-order valence-electron chi connectivity index (χ0n) is 18.1. The molecule has 0 aliphatic rings. The first-order valence-electron chi connectivity index (χ1n) is 10.2. The lowest BCUT2D eigenvalue weighted by molar-refractivity contribution is -0.137. The van der Waals surface area contributed by atoms with E-state index in [9.17, 15) is 32.3 Å². The number of anilines is 1. The molecule has 13 heteroatoms. The zero-order valence-corrected chi connectivity index (χ0v) is 18.1. The Morgan fingerprint density at radius 1 is 1.11 bits per heavy atom. The minimum Gasteiger partial charge on any atom is -0.394 e. The average Bonchev–Trinajstić information content (AvgIpc) is 3.44. The molecule has 0 aliphatic carbocycles. The van der Waals surface area contributed by atoms with Gasteiger partial charge in [-0.3, -0.25) is 24.2 Å². The highest BCUT2D eigenvalue weighted by Crippen LogP contribution is 2.29. The fourth-order valence-corrected chi connectivity index (χ4v) is 3.51. The maximum Gasteiger partial charge on any atom is 0.419 e. The van der Waals surface area contributed by atoms with Crippen molar-refractivity contribution in [3.63, 3.8) is 0 Å². The highest BCUT2D eigenvalue weighted by molar-refractivity contribution is 6.16. The Kier molecular flexibility index (Phi) is 6.35. The summed E-state index contributed by atoms with van der Waals surface area (Å²) < 4.78 is 54.8. The lowest BCUT2D eigenvalue weighted by Crippen LogP contribution is -2.19. The van der Waals surface area contributed by atoms with Gasteiger partial charge in [-0.15, -0.1) is 0 Å². The summed E-state index contributed by atoms with van der Waals surface area (Å²) >= 11 is 0. The molecule has 0 aliphatic heterocycles. The molecule has 1 amide bonds. The van der Waals surface area contributed by atoms with Crippen molar-refractivity contribution >= 4 is 28.3 Å². The molecule has 9 nitrogen and oxygen atoms in total. The molecule has 0 radical (unpaired) electrons. The van der Waals surface area contributed by atoms with Gasteiger partial charge in [0.15, 0.2) is 11.6 Å². The quantitative estimate of drug-likeness (QED) is 0.304. The van der Waals surface area contributed by atoms with E-state index in [2.05, 4.69) is 20.4 Å². The maximum absolute atomic E-state index is 14.5. The number of carbonyl (C=O) groups is 2. The van der Waals surface area contributed by atoms with Gasteiger partial charge < -0.3 is 15.0 Å². The van der Waals surface area contributed by atoms with E-state index in [0.29, 0.717) is 12.4 Å². The number of aliphatic hydroxyl groups is 1. The highest BCUT2D eigenvalue weighted by atomic mass is 19.4. The number of aromatic nitrogens is 5. The van der Waals surface area contributed by atoms with Crippen LogP contribution in [-0.4, -0.2) is 47.7 Å². The number of rotatable bonds is 7. The Morgan fingerprint density at radius 2 is 1.86 bits per heavy atom. The number of hydrogen-bond acceptors (Lipinski definition) is 6. The van der Waals surface area contributed by atoms with Crippen LogP contribution in [0.2, 0.25) is 0 Å². The van der Waals surface area contributed by atoms with Gasteiger partial charge in [0.2, 0.25) is 5.91 Å². The molecule has 4 rings (SSSR count). The topological polar surface area (TPSA) is 115 Å². The molecule has 182 valence electrons. The monoisotopic (exact) mass is 490 g/mol. The van der Waals surface area contributed by atoms with Crippen molar-refractivity contribution in [2.24, 2.45) is 0 Å². The minimum absolute atomic E-state index is 0.0706. The van der Waals surface area contributed by atoms with E-state index in [1.54, 1.807) is 6.92 Å². The van der Waals surface area contributed by atoms with Crippen molar-refractivity contribution in [3.05, 3.63) is 72.0 Å². The lowest BCUT2D eigenvalue weighted by atomic mass is 10.0. The van der Waals surface area contributed by atoms with Gasteiger partial charge in [0.25, 0.3) is 0 Å². The number of alkyl halides is 3. The molecule has 2 N–H and O–H groups in total. The van der Waals surface area contributed by atoms with E-state index in [4.69, 9.17) is 0 Å². The largest absolute Gasteiger partial charge is 0.419 e. The summed E-state index contributed by atoms with van der Waals surface area (Å²) in [7, 11) is 0. The van der Waals surface area contributed by atoms with Crippen LogP contribution in [0, 0.1) is 5.82 Å². The van der Waals surface area contributed by atoms with Crippen LogP contribution < -0.4 is 5.32 Å². The number of aliphatic hydroxyl groups excluding tert-OH is 1. The van der Waals surface area contributed by atoms with E-state index in [1.807, 2.05) is 0 Å².